The van der Waals surface area contributed by atoms with Gasteiger partial charge in [0.05, 0.1) is 11.3 Å². The second kappa shape index (κ2) is 7.12. The van der Waals surface area contributed by atoms with Crippen LogP contribution in [0.4, 0.5) is 8.78 Å². The molecule has 0 spiro atoms. The molecule has 1 atom stereocenters. The molecule has 0 N–H and O–H groups in total. The maximum Gasteiger partial charge on any atom is 0.280 e. The van der Waals surface area contributed by atoms with Crippen molar-refractivity contribution in [3.8, 4) is 0 Å². The normalized spacial score (nSPS) is 17.3. The Hall–Kier alpha value is -3.43. The molecule has 154 valence electrons. The Morgan fingerprint density at radius 3 is 3.00 bits per heavy atom. The van der Waals surface area contributed by atoms with Gasteiger partial charge in [0, 0.05) is 25.9 Å². The average molecular weight is 412 g/mol. The molecule has 8 nitrogen and oxygen atoms in total. The summed E-state index contributed by atoms with van der Waals surface area (Å²) in [5.41, 5.74) is 1.79. The van der Waals surface area contributed by atoms with E-state index >= 15 is 0 Å². The van der Waals surface area contributed by atoms with Crippen molar-refractivity contribution in [2.45, 2.75) is 32.1 Å². The van der Waals surface area contributed by atoms with Crippen molar-refractivity contribution >= 4 is 22.8 Å². The number of hydrogen-bond acceptors (Lipinski definition) is 6. The number of rotatable bonds is 3. The lowest BCUT2D eigenvalue weighted by Crippen LogP contribution is -2.39. The van der Waals surface area contributed by atoms with Crippen LogP contribution in [0.1, 0.15) is 52.8 Å². The van der Waals surface area contributed by atoms with Crippen molar-refractivity contribution in [1.82, 2.24) is 29.5 Å². The summed E-state index contributed by atoms with van der Waals surface area (Å²) in [6.07, 6.45) is 0.0697. The van der Waals surface area contributed by atoms with E-state index in [2.05, 4.69) is 20.1 Å². The van der Waals surface area contributed by atoms with Crippen molar-refractivity contribution < 1.29 is 18.0 Å². The highest BCUT2D eigenvalue weighted by Crippen LogP contribution is 2.31. The summed E-state index contributed by atoms with van der Waals surface area (Å²) in [5, 5.41) is 4.14. The molecule has 30 heavy (non-hydrogen) atoms. The van der Waals surface area contributed by atoms with Gasteiger partial charge in [0.25, 0.3) is 18.1 Å². The van der Waals surface area contributed by atoms with E-state index in [1.165, 1.54) is 16.9 Å². The Labute approximate surface area is 169 Å². The molecule has 0 aliphatic carbocycles. The maximum absolute atomic E-state index is 13.3. The SMILES string of the molecule is Cc1nc2cccc(C(=O)N3CCC[C@H](c4cc(C(F)F)nc5ncnn45)C3)c2o1. The first kappa shape index (κ1) is 18.6. The van der Waals surface area contributed by atoms with Gasteiger partial charge in [-0.2, -0.15) is 10.1 Å². The third kappa shape index (κ3) is 3.08. The molecule has 1 aliphatic rings. The average Bonchev–Trinajstić information content (AvgIpc) is 3.37. The largest absolute Gasteiger partial charge is 0.440 e. The summed E-state index contributed by atoms with van der Waals surface area (Å²) >= 11 is 0. The Balaban J connectivity index is 1.49. The van der Waals surface area contributed by atoms with Crippen LogP contribution in [-0.4, -0.2) is 48.5 Å². The number of fused-ring (bicyclic) bond motifs is 2. The lowest BCUT2D eigenvalue weighted by atomic mass is 9.93. The van der Waals surface area contributed by atoms with E-state index in [1.807, 2.05) is 0 Å². The smallest absolute Gasteiger partial charge is 0.280 e. The number of nitrogens with zero attached hydrogens (tertiary/aromatic N) is 6. The summed E-state index contributed by atoms with van der Waals surface area (Å²) in [4.78, 5) is 27.1. The summed E-state index contributed by atoms with van der Waals surface area (Å²) in [5.74, 6) is 0.294. The Morgan fingerprint density at radius 2 is 2.17 bits per heavy atom. The fraction of sp³-hybridized carbons (Fsp3) is 0.350. The van der Waals surface area contributed by atoms with Crippen LogP contribution < -0.4 is 0 Å². The first-order valence-electron chi connectivity index (χ1n) is 9.65. The number of carbonyl (C=O) groups is 1. The standard InChI is InChI=1S/C20H18F2N6O2/c1-11-25-14-6-2-5-13(17(14)30-11)19(29)27-7-3-4-12(9-27)16-8-15(18(21)22)26-20-23-10-24-28(16)20/h2,5-6,8,10,12,18H,3-4,7,9H2,1H3/t12-/m0/s1. The number of benzene rings is 1. The van der Waals surface area contributed by atoms with Gasteiger partial charge >= 0.3 is 0 Å². The number of hydrogen-bond donors (Lipinski definition) is 0. The molecule has 1 saturated heterocycles. The van der Waals surface area contributed by atoms with Gasteiger partial charge in [0.1, 0.15) is 17.5 Å². The zero-order valence-corrected chi connectivity index (χ0v) is 16.1. The summed E-state index contributed by atoms with van der Waals surface area (Å²) in [6, 6.07) is 6.66. The minimum Gasteiger partial charge on any atom is -0.440 e. The molecule has 1 fully saturated rings. The van der Waals surface area contributed by atoms with E-state index < -0.39 is 6.43 Å². The van der Waals surface area contributed by atoms with Crippen LogP contribution >= 0.6 is 0 Å². The fourth-order valence-electron chi connectivity index (χ4n) is 4.06. The number of likely N-dealkylation sites (tertiary alicyclic amines) is 1. The van der Waals surface area contributed by atoms with E-state index in [1.54, 1.807) is 30.0 Å². The number of para-hydroxylation sites is 1. The third-order valence-corrected chi connectivity index (χ3v) is 5.40. The van der Waals surface area contributed by atoms with Crippen molar-refractivity contribution in [1.29, 1.82) is 0 Å². The predicted octanol–water partition coefficient (Wildman–Crippen LogP) is 3.53. The van der Waals surface area contributed by atoms with Crippen LogP contribution in [0.15, 0.2) is 35.0 Å². The van der Waals surface area contributed by atoms with E-state index in [-0.39, 0.29) is 23.3 Å². The molecule has 0 saturated carbocycles. The number of aryl methyl sites for hydroxylation is 1. The van der Waals surface area contributed by atoms with Gasteiger partial charge in [-0.15, -0.1) is 0 Å². The van der Waals surface area contributed by atoms with E-state index in [0.717, 1.165) is 12.8 Å². The quantitative estimate of drug-likeness (QED) is 0.511. The lowest BCUT2D eigenvalue weighted by molar-refractivity contribution is 0.0705. The molecule has 0 radical (unpaired) electrons. The Kier molecular flexibility index (Phi) is 4.41. The number of oxazole rings is 1. The fourth-order valence-corrected chi connectivity index (χ4v) is 4.06. The third-order valence-electron chi connectivity index (χ3n) is 5.40. The van der Waals surface area contributed by atoms with Crippen LogP contribution in [0.25, 0.3) is 16.9 Å². The number of alkyl halides is 2. The first-order valence-corrected chi connectivity index (χ1v) is 9.65. The second-order valence-electron chi connectivity index (χ2n) is 7.36. The van der Waals surface area contributed by atoms with Crippen molar-refractivity contribution in [3.63, 3.8) is 0 Å². The van der Waals surface area contributed by atoms with Gasteiger partial charge < -0.3 is 9.32 Å². The molecular formula is C20H18F2N6O2. The highest BCUT2D eigenvalue weighted by molar-refractivity contribution is 6.04. The molecule has 0 bridgehead atoms. The molecule has 1 aromatic carbocycles. The molecule has 3 aromatic heterocycles. The molecule has 4 heterocycles. The van der Waals surface area contributed by atoms with Gasteiger partial charge in [-0.25, -0.2) is 23.3 Å². The zero-order valence-electron chi connectivity index (χ0n) is 16.1. The van der Waals surface area contributed by atoms with Gasteiger partial charge in [-0.05, 0) is 31.0 Å². The monoisotopic (exact) mass is 412 g/mol. The van der Waals surface area contributed by atoms with Crippen LogP contribution in [0.2, 0.25) is 0 Å². The molecule has 1 aliphatic heterocycles. The van der Waals surface area contributed by atoms with Gasteiger partial charge in [0.2, 0.25) is 0 Å². The Morgan fingerprint density at radius 1 is 1.30 bits per heavy atom. The molecular weight excluding hydrogens is 394 g/mol. The minimum atomic E-state index is -2.71. The van der Waals surface area contributed by atoms with Crippen LogP contribution in [0.3, 0.4) is 0 Å². The second-order valence-corrected chi connectivity index (χ2v) is 7.36. The number of carbonyl (C=O) groups excluding carboxylic acids is 1. The van der Waals surface area contributed by atoms with E-state index in [0.29, 0.717) is 41.3 Å². The topological polar surface area (TPSA) is 89.4 Å². The molecule has 10 heteroatoms. The highest BCUT2D eigenvalue weighted by atomic mass is 19.3. The van der Waals surface area contributed by atoms with E-state index in [9.17, 15) is 13.6 Å². The van der Waals surface area contributed by atoms with Crippen LogP contribution in [-0.2, 0) is 0 Å². The first-order chi connectivity index (χ1) is 14.5. The highest BCUT2D eigenvalue weighted by Gasteiger charge is 2.30. The summed E-state index contributed by atoms with van der Waals surface area (Å²) in [7, 11) is 0. The maximum atomic E-state index is 13.3. The summed E-state index contributed by atoms with van der Waals surface area (Å²) in [6.45, 7) is 2.69. The van der Waals surface area contributed by atoms with Crippen LogP contribution in [0.5, 0.6) is 0 Å². The van der Waals surface area contributed by atoms with Gasteiger partial charge in [0.15, 0.2) is 11.5 Å². The summed E-state index contributed by atoms with van der Waals surface area (Å²) < 4.78 is 33.8. The molecule has 5 rings (SSSR count). The lowest BCUT2D eigenvalue weighted by Gasteiger charge is -2.33. The van der Waals surface area contributed by atoms with Gasteiger partial charge in [-0.3, -0.25) is 4.79 Å². The number of halogens is 2. The van der Waals surface area contributed by atoms with Crippen LogP contribution in [0, 0.1) is 6.92 Å². The Bertz CT molecular complexity index is 1250. The molecule has 1 amide bonds. The molecule has 0 unspecified atom stereocenters. The van der Waals surface area contributed by atoms with Gasteiger partial charge in [-0.1, -0.05) is 6.07 Å². The predicted molar refractivity (Wildman–Crippen MR) is 102 cm³/mol. The van der Waals surface area contributed by atoms with Crippen molar-refractivity contribution in [2.75, 3.05) is 13.1 Å². The zero-order chi connectivity index (χ0) is 20.8. The number of aromatic nitrogens is 5. The number of amides is 1. The number of piperidine rings is 1. The van der Waals surface area contributed by atoms with Crippen molar-refractivity contribution in [3.05, 3.63) is 53.4 Å². The van der Waals surface area contributed by atoms with Crippen molar-refractivity contribution in [2.24, 2.45) is 0 Å². The molecule has 4 aromatic rings. The van der Waals surface area contributed by atoms with E-state index in [4.69, 9.17) is 4.42 Å². The minimum absolute atomic E-state index is 0.133.